The number of guanidine groups is 1. The van der Waals surface area contributed by atoms with Gasteiger partial charge in [0.2, 0.25) is 11.8 Å². The molecule has 1 aliphatic heterocycles. The minimum absolute atomic E-state index is 0.0127. The van der Waals surface area contributed by atoms with Crippen LogP contribution < -0.4 is 16.8 Å². The van der Waals surface area contributed by atoms with Gasteiger partial charge in [-0.25, -0.2) is 0 Å². The number of nitrogens with zero attached hydrogens (tertiary/aromatic N) is 2. The summed E-state index contributed by atoms with van der Waals surface area (Å²) in [5.41, 5.74) is 10.4. The van der Waals surface area contributed by atoms with Crippen LogP contribution in [0.1, 0.15) is 25.7 Å². The number of carbonyl (C=O) groups is 3. The highest BCUT2D eigenvalue weighted by atomic mass is 16.5. The molecule has 22 heavy (non-hydrogen) atoms. The molecule has 0 aromatic rings. The summed E-state index contributed by atoms with van der Waals surface area (Å²) in [7, 11) is 1.27. The van der Waals surface area contributed by atoms with E-state index in [4.69, 9.17) is 11.5 Å². The van der Waals surface area contributed by atoms with E-state index in [0.29, 0.717) is 25.9 Å². The van der Waals surface area contributed by atoms with Gasteiger partial charge < -0.3 is 26.4 Å². The van der Waals surface area contributed by atoms with Crippen molar-refractivity contribution in [3.63, 3.8) is 0 Å². The number of nitrogens with one attached hydrogen (secondary N) is 1. The summed E-state index contributed by atoms with van der Waals surface area (Å²) in [5.74, 6) is -0.975. The predicted octanol–water partition coefficient (Wildman–Crippen LogP) is -1.68. The van der Waals surface area contributed by atoms with Crippen molar-refractivity contribution < 1.29 is 19.1 Å². The highest BCUT2D eigenvalue weighted by Crippen LogP contribution is 2.12. The molecule has 1 rings (SSSR count). The quantitative estimate of drug-likeness (QED) is 0.222. The molecule has 124 valence electrons. The average Bonchev–Trinajstić information content (AvgIpc) is 2.47. The van der Waals surface area contributed by atoms with Crippen molar-refractivity contribution in [3.05, 3.63) is 0 Å². The van der Waals surface area contributed by atoms with Crippen LogP contribution in [0.2, 0.25) is 0 Å². The number of rotatable bonds is 7. The normalized spacial score (nSPS) is 17.8. The lowest BCUT2D eigenvalue weighted by Crippen LogP contribution is -2.53. The summed E-state index contributed by atoms with van der Waals surface area (Å²) in [5, 5.41) is 2.68. The van der Waals surface area contributed by atoms with Crippen LogP contribution >= 0.6 is 0 Å². The van der Waals surface area contributed by atoms with Crippen molar-refractivity contribution in [3.8, 4) is 0 Å². The van der Waals surface area contributed by atoms with E-state index in [1.165, 1.54) is 12.0 Å². The first-order valence-corrected chi connectivity index (χ1v) is 7.14. The zero-order valence-corrected chi connectivity index (χ0v) is 12.7. The Bertz CT molecular complexity index is 448. The predicted molar refractivity (Wildman–Crippen MR) is 79.7 cm³/mol. The van der Waals surface area contributed by atoms with Gasteiger partial charge >= 0.3 is 5.97 Å². The number of aliphatic imine (C=N–C) groups is 1. The number of amides is 2. The van der Waals surface area contributed by atoms with E-state index in [2.05, 4.69) is 15.0 Å². The monoisotopic (exact) mass is 313 g/mol. The summed E-state index contributed by atoms with van der Waals surface area (Å²) < 4.78 is 4.55. The van der Waals surface area contributed by atoms with E-state index in [1.807, 2.05) is 0 Å². The lowest BCUT2D eigenvalue weighted by molar-refractivity contribution is -0.149. The Morgan fingerprint density at radius 3 is 2.82 bits per heavy atom. The van der Waals surface area contributed by atoms with Crippen LogP contribution in [0.5, 0.6) is 0 Å². The third kappa shape index (κ3) is 5.98. The van der Waals surface area contributed by atoms with E-state index in [9.17, 15) is 14.4 Å². The van der Waals surface area contributed by atoms with E-state index in [1.54, 1.807) is 0 Å². The topological polar surface area (TPSA) is 140 Å². The first-order chi connectivity index (χ1) is 10.4. The van der Waals surface area contributed by atoms with Gasteiger partial charge in [0.1, 0.15) is 12.6 Å². The van der Waals surface area contributed by atoms with E-state index >= 15 is 0 Å². The van der Waals surface area contributed by atoms with Gasteiger partial charge in [0, 0.05) is 19.5 Å². The third-order valence-electron chi connectivity index (χ3n) is 3.27. The molecule has 0 unspecified atom stereocenters. The van der Waals surface area contributed by atoms with Gasteiger partial charge in [0.15, 0.2) is 5.96 Å². The Morgan fingerprint density at radius 2 is 2.18 bits per heavy atom. The molecule has 0 aliphatic carbocycles. The molecule has 0 radical (unpaired) electrons. The van der Waals surface area contributed by atoms with Crippen LogP contribution in [-0.2, 0) is 19.1 Å². The van der Waals surface area contributed by atoms with Crippen LogP contribution in [0.15, 0.2) is 4.99 Å². The number of nitrogens with two attached hydrogens (primary N) is 2. The van der Waals surface area contributed by atoms with E-state index in [0.717, 1.165) is 6.42 Å². The Balaban J connectivity index is 2.40. The zero-order valence-electron chi connectivity index (χ0n) is 12.7. The average molecular weight is 313 g/mol. The van der Waals surface area contributed by atoms with Crippen LogP contribution in [0.3, 0.4) is 0 Å². The van der Waals surface area contributed by atoms with Gasteiger partial charge in [-0.1, -0.05) is 0 Å². The lowest BCUT2D eigenvalue weighted by atomic mass is 10.0. The number of esters is 1. The summed E-state index contributed by atoms with van der Waals surface area (Å²) >= 11 is 0. The molecular weight excluding hydrogens is 290 g/mol. The third-order valence-corrected chi connectivity index (χ3v) is 3.27. The molecule has 2 amide bonds. The van der Waals surface area contributed by atoms with Crippen molar-refractivity contribution >= 4 is 23.7 Å². The van der Waals surface area contributed by atoms with Crippen molar-refractivity contribution in [2.24, 2.45) is 16.5 Å². The number of piperidine rings is 1. The maximum atomic E-state index is 12.2. The first-order valence-electron chi connectivity index (χ1n) is 7.14. The molecule has 1 fully saturated rings. The summed E-state index contributed by atoms with van der Waals surface area (Å²) in [6.07, 6.45) is 2.02. The van der Waals surface area contributed by atoms with Gasteiger partial charge in [-0.2, -0.15) is 0 Å². The molecule has 5 N–H and O–H groups in total. The number of likely N-dealkylation sites (tertiary alicyclic amines) is 1. The highest BCUT2D eigenvalue weighted by molar-refractivity contribution is 5.90. The molecule has 0 bridgehead atoms. The van der Waals surface area contributed by atoms with Crippen molar-refractivity contribution in [1.82, 2.24) is 10.2 Å². The molecule has 9 nitrogen and oxygen atoms in total. The molecule has 1 atom stereocenters. The summed E-state index contributed by atoms with van der Waals surface area (Å²) in [4.78, 5) is 40.4. The minimum Gasteiger partial charge on any atom is -0.468 e. The first kappa shape index (κ1) is 17.7. The minimum atomic E-state index is -0.589. The molecule has 1 saturated heterocycles. The fourth-order valence-electron chi connectivity index (χ4n) is 2.17. The second-order valence-electron chi connectivity index (χ2n) is 5.01. The zero-order chi connectivity index (χ0) is 16.5. The van der Waals surface area contributed by atoms with Crippen LogP contribution in [0.4, 0.5) is 0 Å². The maximum absolute atomic E-state index is 12.2. The van der Waals surface area contributed by atoms with Crippen LogP contribution in [0, 0.1) is 0 Å². The van der Waals surface area contributed by atoms with Crippen LogP contribution in [-0.4, -0.2) is 61.4 Å². The Kier molecular flexibility index (Phi) is 7.14. The fraction of sp³-hybridized carbons (Fsp3) is 0.692. The largest absolute Gasteiger partial charge is 0.468 e. The number of methoxy groups -OCH3 is 1. The van der Waals surface area contributed by atoms with Gasteiger partial charge in [-0.3, -0.25) is 19.4 Å². The second-order valence-corrected chi connectivity index (χ2v) is 5.01. The smallest absolute Gasteiger partial charge is 0.325 e. The Morgan fingerprint density at radius 1 is 1.45 bits per heavy atom. The molecule has 0 spiro atoms. The van der Waals surface area contributed by atoms with Crippen molar-refractivity contribution in [1.29, 1.82) is 0 Å². The Labute approximate surface area is 129 Å². The number of hydrogen-bond donors (Lipinski definition) is 3. The molecule has 0 aromatic carbocycles. The molecule has 9 heteroatoms. The number of hydrogen-bond acceptors (Lipinski definition) is 5. The fourth-order valence-corrected chi connectivity index (χ4v) is 2.17. The maximum Gasteiger partial charge on any atom is 0.325 e. The SMILES string of the molecule is COC(=O)CN1CCC[C@H](NC(=O)CCCN=C(N)N)C1=O. The molecular formula is C13H23N5O4. The Hall–Kier alpha value is -2.32. The summed E-state index contributed by atoms with van der Waals surface area (Å²) in [6.45, 7) is 0.764. The molecule has 0 saturated carbocycles. The number of ether oxygens (including phenoxy) is 1. The second kappa shape index (κ2) is 8.85. The highest BCUT2D eigenvalue weighted by Gasteiger charge is 2.30. The van der Waals surface area contributed by atoms with Gasteiger partial charge in [0.25, 0.3) is 0 Å². The van der Waals surface area contributed by atoms with Crippen LogP contribution in [0.25, 0.3) is 0 Å². The van der Waals surface area contributed by atoms with Gasteiger partial charge in [-0.15, -0.1) is 0 Å². The van der Waals surface area contributed by atoms with Gasteiger partial charge in [0.05, 0.1) is 7.11 Å². The number of carbonyl (C=O) groups excluding carboxylic acids is 3. The molecule has 1 aliphatic rings. The summed E-state index contributed by atoms with van der Waals surface area (Å²) in [6, 6.07) is -0.589. The van der Waals surface area contributed by atoms with E-state index in [-0.39, 0.29) is 30.7 Å². The molecule has 0 aromatic heterocycles. The van der Waals surface area contributed by atoms with E-state index < -0.39 is 12.0 Å². The van der Waals surface area contributed by atoms with Gasteiger partial charge in [-0.05, 0) is 19.3 Å². The van der Waals surface area contributed by atoms with Crippen molar-refractivity contribution in [2.75, 3.05) is 26.7 Å². The molecule has 1 heterocycles. The lowest BCUT2D eigenvalue weighted by Gasteiger charge is -2.31. The van der Waals surface area contributed by atoms with Crippen molar-refractivity contribution in [2.45, 2.75) is 31.7 Å². The standard InChI is InChI=1S/C13H23N5O4/c1-22-11(20)8-18-7-3-4-9(12(18)21)17-10(19)5-2-6-16-13(14)15/h9H,2-8H2,1H3,(H,17,19)(H4,14,15,16)/t9-/m0/s1.